The van der Waals surface area contributed by atoms with E-state index in [1.165, 1.54) is 0 Å². The second-order valence-electron chi connectivity index (χ2n) is 8.01. The number of aliphatic hydroxyl groups excluding tert-OH is 7. The summed E-state index contributed by atoms with van der Waals surface area (Å²) in [5.74, 6) is -0.475. The highest BCUT2D eigenvalue weighted by molar-refractivity contribution is 5.81. The number of ether oxygens (including phenoxy) is 2. The van der Waals surface area contributed by atoms with Crippen molar-refractivity contribution in [3.8, 4) is 0 Å². The lowest BCUT2D eigenvalue weighted by Gasteiger charge is -2.34. The van der Waals surface area contributed by atoms with Crippen LogP contribution >= 0.6 is 0 Å². The molecule has 0 radical (unpaired) electrons. The van der Waals surface area contributed by atoms with E-state index in [4.69, 9.17) is 35.0 Å². The molecule has 0 bridgehead atoms. The van der Waals surface area contributed by atoms with Crippen molar-refractivity contribution < 1.29 is 50.0 Å². The highest BCUT2D eigenvalue weighted by atomic mass is 16.6. The average Bonchev–Trinajstić information content (AvgIpc) is 2.75. The Kier molecular flexibility index (Phi) is 13.7. The minimum atomic E-state index is -1.30. The molecule has 0 aliphatic carbocycles. The van der Waals surface area contributed by atoms with Gasteiger partial charge in [0.05, 0.1) is 37.6 Å². The number of unbranched alkanes of at least 4 members (excludes halogenated alkanes) is 3. The minimum Gasteiger partial charge on any atom is -0.394 e. The number of carbonyl (C=O) groups excluding carboxylic acids is 1. The van der Waals surface area contributed by atoms with Crippen molar-refractivity contribution in [2.75, 3.05) is 19.8 Å². The molecular weight excluding hydrogens is 414 g/mol. The van der Waals surface area contributed by atoms with E-state index in [2.05, 4.69) is 12.2 Å². The van der Waals surface area contributed by atoms with Crippen molar-refractivity contribution in [3.63, 3.8) is 0 Å². The molecule has 2 saturated heterocycles. The van der Waals surface area contributed by atoms with Gasteiger partial charge in [-0.15, -0.1) is 0 Å². The Morgan fingerprint density at radius 1 is 1.00 bits per heavy atom. The first kappa shape index (κ1) is 28.1. The fourth-order valence-corrected chi connectivity index (χ4v) is 3.47. The van der Waals surface area contributed by atoms with Crippen molar-refractivity contribution in [1.29, 1.82) is 0 Å². The highest BCUT2D eigenvalue weighted by Crippen LogP contribution is 2.22. The molecule has 184 valence electrons. The SMILES string of the molecule is CCCCCCNC(=O)C(O)C1CC(O)CC(CO)O1.OCC1OC(O)CC(O)C1O. The molecule has 2 aliphatic rings. The van der Waals surface area contributed by atoms with E-state index in [0.29, 0.717) is 13.0 Å². The van der Waals surface area contributed by atoms with E-state index < -0.39 is 61.5 Å². The fourth-order valence-electron chi connectivity index (χ4n) is 3.47. The van der Waals surface area contributed by atoms with Crippen molar-refractivity contribution >= 4 is 5.91 Å². The third-order valence-electron chi connectivity index (χ3n) is 5.29. The van der Waals surface area contributed by atoms with E-state index >= 15 is 0 Å². The summed E-state index contributed by atoms with van der Waals surface area (Å²) in [6.07, 6.45) is -2.60. The van der Waals surface area contributed by atoms with Gasteiger partial charge in [0.25, 0.3) is 5.91 Å². The zero-order valence-corrected chi connectivity index (χ0v) is 18.0. The molecule has 2 heterocycles. The van der Waals surface area contributed by atoms with Gasteiger partial charge >= 0.3 is 0 Å². The monoisotopic (exact) mass is 453 g/mol. The zero-order chi connectivity index (χ0) is 23.4. The standard InChI is InChI=1S/C14H27NO5.C6H12O5/c1-2-3-4-5-6-15-14(19)13(18)12-8-10(17)7-11(9-16)20-12;7-2-4-6(10)3(8)1-5(9)11-4/h10-13,16-18H,2-9H2,1H3,(H,15,19);3-10H,1-2H2. The van der Waals surface area contributed by atoms with Crippen LogP contribution in [0.5, 0.6) is 0 Å². The summed E-state index contributed by atoms with van der Waals surface area (Å²) in [6.45, 7) is 2.02. The molecule has 2 rings (SSSR count). The van der Waals surface area contributed by atoms with Gasteiger partial charge in [0.2, 0.25) is 0 Å². The van der Waals surface area contributed by atoms with Crippen LogP contribution in [0.2, 0.25) is 0 Å². The predicted molar refractivity (Wildman–Crippen MR) is 109 cm³/mol. The first-order valence-corrected chi connectivity index (χ1v) is 10.9. The fraction of sp³-hybridized carbons (Fsp3) is 0.950. The van der Waals surface area contributed by atoms with Gasteiger partial charge in [0.1, 0.15) is 12.2 Å². The maximum absolute atomic E-state index is 11.8. The Hall–Kier alpha value is -0.890. The topological polar surface area (TPSA) is 189 Å². The van der Waals surface area contributed by atoms with Gasteiger partial charge in [-0.25, -0.2) is 0 Å². The first-order valence-electron chi connectivity index (χ1n) is 10.9. The molecule has 8 N–H and O–H groups in total. The maximum Gasteiger partial charge on any atom is 0.251 e. The second kappa shape index (κ2) is 15.0. The Balaban J connectivity index is 0.000000367. The van der Waals surface area contributed by atoms with Crippen LogP contribution in [0.3, 0.4) is 0 Å². The number of amides is 1. The van der Waals surface area contributed by atoms with E-state index in [-0.39, 0.29) is 19.4 Å². The minimum absolute atomic E-state index is 0.0162. The van der Waals surface area contributed by atoms with Crippen LogP contribution < -0.4 is 5.32 Å². The van der Waals surface area contributed by atoms with Crippen molar-refractivity contribution in [2.45, 2.75) is 101 Å². The third-order valence-corrected chi connectivity index (χ3v) is 5.29. The van der Waals surface area contributed by atoms with Gasteiger partial charge in [-0.05, 0) is 6.42 Å². The summed E-state index contributed by atoms with van der Waals surface area (Å²) in [6, 6.07) is 0. The van der Waals surface area contributed by atoms with Crippen molar-refractivity contribution in [1.82, 2.24) is 5.32 Å². The van der Waals surface area contributed by atoms with E-state index in [9.17, 15) is 15.0 Å². The van der Waals surface area contributed by atoms with Gasteiger partial charge in [0.15, 0.2) is 12.4 Å². The molecule has 11 nitrogen and oxygen atoms in total. The molecule has 1 amide bonds. The molecular formula is C20H39NO10. The molecule has 8 unspecified atom stereocenters. The van der Waals surface area contributed by atoms with E-state index in [0.717, 1.165) is 25.7 Å². The highest BCUT2D eigenvalue weighted by Gasteiger charge is 2.36. The normalized spacial score (nSPS) is 34.4. The van der Waals surface area contributed by atoms with Gasteiger partial charge in [-0.3, -0.25) is 4.79 Å². The van der Waals surface area contributed by atoms with Crippen LogP contribution in [0.15, 0.2) is 0 Å². The number of carbonyl (C=O) groups is 1. The number of hydrogen-bond acceptors (Lipinski definition) is 10. The number of nitrogens with one attached hydrogen (secondary N) is 1. The van der Waals surface area contributed by atoms with Gasteiger partial charge < -0.3 is 50.5 Å². The van der Waals surface area contributed by atoms with E-state index in [1.54, 1.807) is 0 Å². The van der Waals surface area contributed by atoms with Gasteiger partial charge in [-0.2, -0.15) is 0 Å². The molecule has 0 aromatic carbocycles. The molecule has 31 heavy (non-hydrogen) atoms. The third kappa shape index (κ3) is 10.1. The van der Waals surface area contributed by atoms with Gasteiger partial charge in [-0.1, -0.05) is 26.2 Å². The Morgan fingerprint density at radius 3 is 2.32 bits per heavy atom. The summed E-state index contributed by atoms with van der Waals surface area (Å²) in [5.41, 5.74) is 0. The molecule has 2 aliphatic heterocycles. The molecule has 2 fully saturated rings. The summed E-state index contributed by atoms with van der Waals surface area (Å²) < 4.78 is 10.1. The van der Waals surface area contributed by atoms with Crippen LogP contribution in [0.1, 0.15) is 51.9 Å². The molecule has 0 saturated carbocycles. The zero-order valence-electron chi connectivity index (χ0n) is 18.0. The van der Waals surface area contributed by atoms with Crippen LogP contribution in [0.25, 0.3) is 0 Å². The smallest absolute Gasteiger partial charge is 0.251 e. The lowest BCUT2D eigenvalue weighted by atomic mass is 9.97. The van der Waals surface area contributed by atoms with Crippen LogP contribution in [0, 0.1) is 0 Å². The van der Waals surface area contributed by atoms with E-state index in [1.807, 2.05) is 0 Å². The molecule has 8 atom stereocenters. The summed E-state index contributed by atoms with van der Waals surface area (Å²) in [5, 5.41) is 67.0. The summed E-state index contributed by atoms with van der Waals surface area (Å²) >= 11 is 0. The van der Waals surface area contributed by atoms with Crippen molar-refractivity contribution in [2.24, 2.45) is 0 Å². The number of hydrogen-bond donors (Lipinski definition) is 8. The largest absolute Gasteiger partial charge is 0.394 e. The Bertz CT molecular complexity index is 497. The molecule has 11 heteroatoms. The average molecular weight is 454 g/mol. The second-order valence-corrected chi connectivity index (χ2v) is 8.01. The first-order chi connectivity index (χ1) is 14.7. The molecule has 0 spiro atoms. The van der Waals surface area contributed by atoms with Crippen LogP contribution in [-0.4, -0.2) is 110 Å². The van der Waals surface area contributed by atoms with Crippen molar-refractivity contribution in [3.05, 3.63) is 0 Å². The Labute approximate surface area is 182 Å². The maximum atomic E-state index is 11.8. The predicted octanol–water partition coefficient (Wildman–Crippen LogP) is -2.25. The molecule has 0 aromatic heterocycles. The quantitative estimate of drug-likeness (QED) is 0.177. The summed E-state index contributed by atoms with van der Waals surface area (Å²) in [7, 11) is 0. The summed E-state index contributed by atoms with van der Waals surface area (Å²) in [4.78, 5) is 11.8. The molecule has 0 aromatic rings. The number of rotatable bonds is 9. The Morgan fingerprint density at radius 2 is 1.71 bits per heavy atom. The lowest BCUT2D eigenvalue weighted by molar-refractivity contribution is -0.239. The lowest BCUT2D eigenvalue weighted by Crippen LogP contribution is -2.49. The van der Waals surface area contributed by atoms with Gasteiger partial charge in [0, 0.05) is 25.8 Å². The van der Waals surface area contributed by atoms with Crippen LogP contribution in [-0.2, 0) is 14.3 Å². The van der Waals surface area contributed by atoms with Crippen LogP contribution in [0.4, 0.5) is 0 Å². The number of aliphatic hydroxyl groups is 7.